The summed E-state index contributed by atoms with van der Waals surface area (Å²) >= 11 is 6.06. The first-order valence-corrected chi connectivity index (χ1v) is 5.99. The minimum atomic E-state index is -0.340. The minimum Gasteiger partial charge on any atom is -0.341 e. The fourth-order valence-corrected chi connectivity index (χ4v) is 1.89. The maximum absolute atomic E-state index is 11.9. The largest absolute Gasteiger partial charge is 0.341 e. The Labute approximate surface area is 91.6 Å². The third kappa shape index (κ3) is 3.16. The van der Waals surface area contributed by atoms with E-state index in [2.05, 4.69) is 0 Å². The van der Waals surface area contributed by atoms with Gasteiger partial charge in [-0.1, -0.05) is 26.7 Å². The van der Waals surface area contributed by atoms with E-state index in [0.29, 0.717) is 0 Å². The molecule has 3 heteroatoms. The van der Waals surface area contributed by atoms with E-state index in [4.69, 9.17) is 11.6 Å². The van der Waals surface area contributed by atoms with Crippen LogP contribution < -0.4 is 0 Å². The molecule has 82 valence electrons. The van der Waals surface area contributed by atoms with E-state index in [9.17, 15) is 4.79 Å². The Bertz CT molecular complexity index is 186. The molecule has 1 aliphatic rings. The van der Waals surface area contributed by atoms with Crippen molar-refractivity contribution in [2.24, 2.45) is 5.92 Å². The van der Waals surface area contributed by atoms with Crippen LogP contribution in [0.15, 0.2) is 0 Å². The van der Waals surface area contributed by atoms with Crippen LogP contribution in [0.2, 0.25) is 0 Å². The number of hydrogen-bond donors (Lipinski definition) is 0. The predicted molar refractivity (Wildman–Crippen MR) is 59.5 cm³/mol. The van der Waals surface area contributed by atoms with E-state index in [0.717, 1.165) is 25.9 Å². The number of amides is 1. The molecule has 0 saturated carbocycles. The fraction of sp³-hybridized carbons (Fsp3) is 0.909. The first kappa shape index (κ1) is 11.8. The molecule has 0 aromatic heterocycles. The lowest BCUT2D eigenvalue weighted by atomic mass is 10.1. The van der Waals surface area contributed by atoms with Gasteiger partial charge in [-0.05, 0) is 18.8 Å². The Balaban J connectivity index is 2.49. The van der Waals surface area contributed by atoms with Gasteiger partial charge < -0.3 is 4.90 Å². The zero-order chi connectivity index (χ0) is 10.6. The van der Waals surface area contributed by atoms with Gasteiger partial charge in [-0.15, -0.1) is 11.6 Å². The highest BCUT2D eigenvalue weighted by Gasteiger charge is 2.25. The van der Waals surface area contributed by atoms with Gasteiger partial charge in [0.15, 0.2) is 0 Å². The number of likely N-dealkylation sites (tertiary alicyclic amines) is 1. The summed E-state index contributed by atoms with van der Waals surface area (Å²) in [6.07, 6.45) is 4.76. The zero-order valence-corrected chi connectivity index (χ0v) is 9.89. The molecular formula is C11H20ClNO. The SMILES string of the molecule is CC(C)C(Cl)C(=O)N1CCCCCC1. The number of nitrogens with zero attached hydrogens (tertiary/aromatic N) is 1. The lowest BCUT2D eigenvalue weighted by Crippen LogP contribution is -2.39. The Morgan fingerprint density at radius 2 is 1.64 bits per heavy atom. The highest BCUT2D eigenvalue weighted by molar-refractivity contribution is 6.30. The third-order valence-corrected chi connectivity index (χ3v) is 3.43. The standard InChI is InChI=1S/C11H20ClNO/c1-9(2)10(12)11(14)13-7-5-3-4-6-8-13/h9-10H,3-8H2,1-2H3. The molecular weight excluding hydrogens is 198 g/mol. The molecule has 1 atom stereocenters. The quantitative estimate of drug-likeness (QED) is 0.652. The molecule has 0 aromatic carbocycles. The lowest BCUT2D eigenvalue weighted by Gasteiger charge is -2.24. The molecule has 0 aliphatic carbocycles. The third-order valence-electron chi connectivity index (χ3n) is 2.74. The highest BCUT2D eigenvalue weighted by atomic mass is 35.5. The lowest BCUT2D eigenvalue weighted by molar-refractivity contribution is -0.131. The van der Waals surface area contributed by atoms with Crippen LogP contribution in [0, 0.1) is 5.92 Å². The zero-order valence-electron chi connectivity index (χ0n) is 9.13. The monoisotopic (exact) mass is 217 g/mol. The molecule has 0 bridgehead atoms. The summed E-state index contributed by atoms with van der Waals surface area (Å²) in [6, 6.07) is 0. The van der Waals surface area contributed by atoms with Gasteiger partial charge in [0.25, 0.3) is 0 Å². The molecule has 1 unspecified atom stereocenters. The Hall–Kier alpha value is -0.240. The smallest absolute Gasteiger partial charge is 0.240 e. The molecule has 1 saturated heterocycles. The van der Waals surface area contributed by atoms with Crippen LogP contribution in [0.1, 0.15) is 39.5 Å². The summed E-state index contributed by atoms with van der Waals surface area (Å²) in [5.74, 6) is 0.357. The average molecular weight is 218 g/mol. The van der Waals surface area contributed by atoms with Crippen molar-refractivity contribution < 1.29 is 4.79 Å². The van der Waals surface area contributed by atoms with Gasteiger partial charge in [-0.3, -0.25) is 4.79 Å². The molecule has 0 radical (unpaired) electrons. The Kier molecular flexibility index (Phi) is 4.73. The first-order chi connectivity index (χ1) is 6.63. The summed E-state index contributed by atoms with van der Waals surface area (Å²) in [5.41, 5.74) is 0. The molecule has 2 nitrogen and oxygen atoms in total. The van der Waals surface area contributed by atoms with Crippen LogP contribution in [0.4, 0.5) is 0 Å². The van der Waals surface area contributed by atoms with Crippen molar-refractivity contribution in [1.29, 1.82) is 0 Å². The van der Waals surface area contributed by atoms with E-state index in [1.165, 1.54) is 12.8 Å². The van der Waals surface area contributed by atoms with Crippen molar-refractivity contribution >= 4 is 17.5 Å². The van der Waals surface area contributed by atoms with Gasteiger partial charge in [0.2, 0.25) is 5.91 Å². The predicted octanol–water partition coefficient (Wildman–Crippen LogP) is 2.65. The number of hydrogen-bond acceptors (Lipinski definition) is 1. The minimum absolute atomic E-state index is 0.128. The van der Waals surface area contributed by atoms with Gasteiger partial charge in [0.05, 0.1) is 0 Å². The van der Waals surface area contributed by atoms with Crippen LogP contribution >= 0.6 is 11.6 Å². The van der Waals surface area contributed by atoms with E-state index in [-0.39, 0.29) is 17.2 Å². The summed E-state index contributed by atoms with van der Waals surface area (Å²) in [7, 11) is 0. The van der Waals surface area contributed by atoms with E-state index < -0.39 is 0 Å². The first-order valence-electron chi connectivity index (χ1n) is 5.56. The van der Waals surface area contributed by atoms with Crippen LogP contribution in [0.25, 0.3) is 0 Å². The Morgan fingerprint density at radius 1 is 1.14 bits per heavy atom. The van der Waals surface area contributed by atoms with E-state index in [1.54, 1.807) is 0 Å². The Morgan fingerprint density at radius 3 is 2.07 bits per heavy atom. The van der Waals surface area contributed by atoms with Crippen molar-refractivity contribution in [2.45, 2.75) is 44.9 Å². The maximum Gasteiger partial charge on any atom is 0.240 e. The van der Waals surface area contributed by atoms with Crippen molar-refractivity contribution in [2.75, 3.05) is 13.1 Å². The van der Waals surface area contributed by atoms with Gasteiger partial charge in [0.1, 0.15) is 5.38 Å². The van der Waals surface area contributed by atoms with Gasteiger partial charge in [-0.25, -0.2) is 0 Å². The summed E-state index contributed by atoms with van der Waals surface area (Å²) in [6.45, 7) is 5.78. The van der Waals surface area contributed by atoms with Crippen molar-refractivity contribution in [3.63, 3.8) is 0 Å². The summed E-state index contributed by atoms with van der Waals surface area (Å²) in [4.78, 5) is 13.8. The molecule has 1 aliphatic heterocycles. The van der Waals surface area contributed by atoms with Crippen molar-refractivity contribution in [3.05, 3.63) is 0 Å². The molecule has 1 amide bonds. The fourth-order valence-electron chi connectivity index (χ4n) is 1.75. The molecule has 1 fully saturated rings. The van der Waals surface area contributed by atoms with Crippen molar-refractivity contribution in [3.8, 4) is 0 Å². The maximum atomic E-state index is 11.9. The summed E-state index contributed by atoms with van der Waals surface area (Å²) in [5, 5.41) is -0.340. The second kappa shape index (κ2) is 5.59. The van der Waals surface area contributed by atoms with E-state index >= 15 is 0 Å². The van der Waals surface area contributed by atoms with Gasteiger partial charge in [-0.2, -0.15) is 0 Å². The molecule has 1 rings (SSSR count). The topological polar surface area (TPSA) is 20.3 Å². The number of rotatable bonds is 2. The summed E-state index contributed by atoms with van der Waals surface area (Å²) < 4.78 is 0. The molecule has 1 heterocycles. The van der Waals surface area contributed by atoms with Crippen LogP contribution in [-0.4, -0.2) is 29.3 Å². The second-order valence-electron chi connectivity index (χ2n) is 4.39. The molecule has 0 aromatic rings. The molecule has 0 N–H and O–H groups in total. The second-order valence-corrected chi connectivity index (χ2v) is 4.86. The number of carbonyl (C=O) groups is 1. The number of carbonyl (C=O) groups excluding carboxylic acids is 1. The van der Waals surface area contributed by atoms with Crippen molar-refractivity contribution in [1.82, 2.24) is 4.90 Å². The van der Waals surface area contributed by atoms with Crippen LogP contribution in [0.5, 0.6) is 0 Å². The van der Waals surface area contributed by atoms with Crippen LogP contribution in [-0.2, 0) is 4.79 Å². The van der Waals surface area contributed by atoms with Crippen LogP contribution in [0.3, 0.4) is 0 Å². The average Bonchev–Trinajstić information content (AvgIpc) is 2.43. The van der Waals surface area contributed by atoms with Gasteiger partial charge in [0, 0.05) is 13.1 Å². The molecule has 0 spiro atoms. The molecule has 14 heavy (non-hydrogen) atoms. The number of alkyl halides is 1. The van der Waals surface area contributed by atoms with Gasteiger partial charge >= 0.3 is 0 Å². The van der Waals surface area contributed by atoms with E-state index in [1.807, 2.05) is 18.7 Å². The number of halogens is 1. The highest BCUT2D eigenvalue weighted by Crippen LogP contribution is 2.16. The normalized spacial score (nSPS) is 20.7.